The number of nitrogens with zero attached hydrogens (tertiary/aromatic N) is 1. The minimum Gasteiger partial charge on any atom is -0.492 e. The summed E-state index contributed by atoms with van der Waals surface area (Å²) in [5, 5.41) is 22.2. The Hall–Kier alpha value is -2.59. The Kier molecular flexibility index (Phi) is 7.11. The molecule has 0 fully saturated rings. The zero-order chi connectivity index (χ0) is 20.8. The fourth-order valence-electron chi connectivity index (χ4n) is 2.88. The summed E-state index contributed by atoms with van der Waals surface area (Å²) in [6, 6.07) is 8.71. The summed E-state index contributed by atoms with van der Waals surface area (Å²) in [4.78, 5) is 16.6. The summed E-state index contributed by atoms with van der Waals surface area (Å²) in [6.45, 7) is 2.40. The molecule has 0 radical (unpaired) electrons. The molecule has 29 heavy (non-hydrogen) atoms. The Morgan fingerprint density at radius 1 is 1.34 bits per heavy atom. The Balaban J connectivity index is 1.68. The van der Waals surface area contributed by atoms with Crippen LogP contribution in [0.2, 0.25) is 5.02 Å². The number of hydrogen-bond acceptors (Lipinski definition) is 7. The normalized spacial score (nSPS) is 12.0. The molecule has 0 spiro atoms. The van der Waals surface area contributed by atoms with Crippen LogP contribution < -0.4 is 10.1 Å². The van der Waals surface area contributed by atoms with E-state index < -0.39 is 19.5 Å². The first-order valence-corrected chi connectivity index (χ1v) is 9.37. The van der Waals surface area contributed by atoms with Crippen LogP contribution in [0.3, 0.4) is 0 Å². The Morgan fingerprint density at radius 2 is 2.17 bits per heavy atom. The molecule has 3 rings (SSSR count). The van der Waals surface area contributed by atoms with E-state index in [9.17, 15) is 14.8 Å². The van der Waals surface area contributed by atoms with Crippen molar-refractivity contribution in [1.29, 1.82) is 0 Å². The predicted octanol–water partition coefficient (Wildman–Crippen LogP) is 2.09. The van der Waals surface area contributed by atoms with Crippen molar-refractivity contribution in [3.05, 3.63) is 59.1 Å². The van der Waals surface area contributed by atoms with Gasteiger partial charge in [-0.2, -0.15) is 0 Å². The number of nitrogens with one attached hydrogen (secondary N) is 1. The molecule has 2 aromatic heterocycles. The number of ether oxygens (including phenoxy) is 1. The molecule has 10 heteroatoms. The summed E-state index contributed by atoms with van der Waals surface area (Å²) in [7, 11) is -2.05. The first kappa shape index (κ1) is 21.1. The Morgan fingerprint density at radius 3 is 2.86 bits per heavy atom. The molecule has 2 heterocycles. The van der Waals surface area contributed by atoms with Crippen molar-refractivity contribution in [2.75, 3.05) is 6.61 Å². The van der Waals surface area contributed by atoms with Crippen LogP contribution in [0.1, 0.15) is 18.2 Å². The number of pyridine rings is 1. The van der Waals surface area contributed by atoms with Crippen LogP contribution in [0.4, 0.5) is 0 Å². The number of rotatable bonds is 9. The number of para-hydroxylation sites is 1. The van der Waals surface area contributed by atoms with E-state index in [-0.39, 0.29) is 12.8 Å². The van der Waals surface area contributed by atoms with E-state index in [1.54, 1.807) is 30.5 Å². The summed E-state index contributed by atoms with van der Waals surface area (Å²) in [5.74, 6) is 0.227. The molecule has 0 saturated heterocycles. The average molecular weight is 419 g/mol. The lowest BCUT2D eigenvalue weighted by molar-refractivity contribution is -0.123. The second-order valence-corrected chi connectivity index (χ2v) is 6.60. The van der Waals surface area contributed by atoms with E-state index in [1.807, 2.05) is 13.0 Å². The van der Waals surface area contributed by atoms with Crippen molar-refractivity contribution in [1.82, 2.24) is 10.3 Å². The van der Waals surface area contributed by atoms with Crippen LogP contribution in [0.25, 0.3) is 11.0 Å². The summed E-state index contributed by atoms with van der Waals surface area (Å²) in [5.41, 5.74) is 1.75. The second-order valence-electron chi connectivity index (χ2n) is 6.20. The fraction of sp³-hybridized carbons (Fsp3) is 0.263. The lowest BCUT2D eigenvalue weighted by atomic mass is 10.1. The zero-order valence-corrected chi connectivity index (χ0v) is 16.4. The third-order valence-electron chi connectivity index (χ3n) is 4.10. The molecule has 1 atom stereocenters. The summed E-state index contributed by atoms with van der Waals surface area (Å²) in [6.07, 6.45) is 2.18. The SMILES string of the molecule is CCOc1ccc(CC(=O)N[C@@H](Cc2coc3c(Cl)cccc23)OB(O)O)nc1. The van der Waals surface area contributed by atoms with Gasteiger partial charge in [0.05, 0.1) is 30.5 Å². The average Bonchev–Trinajstić information content (AvgIpc) is 3.07. The Labute approximate surface area is 172 Å². The van der Waals surface area contributed by atoms with Gasteiger partial charge in [-0.25, -0.2) is 0 Å². The van der Waals surface area contributed by atoms with Gasteiger partial charge >= 0.3 is 7.32 Å². The maximum absolute atomic E-state index is 12.4. The number of carbonyl (C=O) groups is 1. The van der Waals surface area contributed by atoms with Gasteiger partial charge in [-0.15, -0.1) is 0 Å². The lowest BCUT2D eigenvalue weighted by Crippen LogP contribution is -2.43. The van der Waals surface area contributed by atoms with Gasteiger partial charge < -0.3 is 29.2 Å². The van der Waals surface area contributed by atoms with Gasteiger partial charge in [0.2, 0.25) is 5.91 Å². The van der Waals surface area contributed by atoms with Crippen molar-refractivity contribution < 1.29 is 28.7 Å². The minimum atomic E-state index is -2.05. The van der Waals surface area contributed by atoms with E-state index in [0.717, 1.165) is 5.39 Å². The van der Waals surface area contributed by atoms with Crippen LogP contribution in [0, 0.1) is 0 Å². The highest BCUT2D eigenvalue weighted by atomic mass is 35.5. The first-order chi connectivity index (χ1) is 14.0. The molecule has 0 bridgehead atoms. The van der Waals surface area contributed by atoms with Crippen LogP contribution in [0.15, 0.2) is 47.2 Å². The number of benzene rings is 1. The molecule has 0 aliphatic rings. The number of halogens is 1. The highest BCUT2D eigenvalue weighted by Gasteiger charge is 2.22. The van der Waals surface area contributed by atoms with Gasteiger partial charge in [-0.1, -0.05) is 23.7 Å². The lowest BCUT2D eigenvalue weighted by Gasteiger charge is -2.19. The van der Waals surface area contributed by atoms with E-state index in [1.165, 1.54) is 6.26 Å². The largest absolute Gasteiger partial charge is 0.635 e. The Bertz CT molecular complexity index is 963. The van der Waals surface area contributed by atoms with Crippen molar-refractivity contribution in [3.8, 4) is 5.75 Å². The smallest absolute Gasteiger partial charge is 0.492 e. The van der Waals surface area contributed by atoms with Crippen LogP contribution in [-0.4, -0.2) is 41.1 Å². The monoisotopic (exact) mass is 418 g/mol. The van der Waals surface area contributed by atoms with Crippen molar-refractivity contribution in [2.45, 2.75) is 26.0 Å². The topological polar surface area (TPSA) is 114 Å². The van der Waals surface area contributed by atoms with E-state index in [4.69, 9.17) is 25.4 Å². The highest BCUT2D eigenvalue weighted by molar-refractivity contribution is 6.35. The molecular formula is C19H20BClN2O6. The van der Waals surface area contributed by atoms with Crippen LogP contribution in [0.5, 0.6) is 5.75 Å². The molecule has 3 aromatic rings. The molecule has 1 aromatic carbocycles. The van der Waals surface area contributed by atoms with Gasteiger partial charge in [-0.3, -0.25) is 9.78 Å². The molecule has 0 unspecified atom stereocenters. The molecule has 1 amide bonds. The molecular weight excluding hydrogens is 398 g/mol. The van der Waals surface area contributed by atoms with Gasteiger partial charge in [0.15, 0.2) is 5.58 Å². The maximum Gasteiger partial charge on any atom is 0.635 e. The van der Waals surface area contributed by atoms with Gasteiger partial charge in [0.1, 0.15) is 12.0 Å². The van der Waals surface area contributed by atoms with E-state index in [0.29, 0.717) is 34.2 Å². The fourth-order valence-corrected chi connectivity index (χ4v) is 3.09. The first-order valence-electron chi connectivity index (χ1n) is 8.99. The van der Waals surface area contributed by atoms with Gasteiger partial charge in [0.25, 0.3) is 0 Å². The zero-order valence-electron chi connectivity index (χ0n) is 15.7. The second kappa shape index (κ2) is 9.75. The third-order valence-corrected chi connectivity index (χ3v) is 4.39. The molecule has 0 saturated carbocycles. The van der Waals surface area contributed by atoms with Crippen LogP contribution >= 0.6 is 11.6 Å². The van der Waals surface area contributed by atoms with Crippen molar-refractivity contribution in [3.63, 3.8) is 0 Å². The minimum absolute atomic E-state index is 0.00818. The van der Waals surface area contributed by atoms with E-state index in [2.05, 4.69) is 10.3 Å². The summed E-state index contributed by atoms with van der Waals surface area (Å²) < 4.78 is 15.8. The molecule has 3 N–H and O–H groups in total. The van der Waals surface area contributed by atoms with Crippen molar-refractivity contribution in [2.24, 2.45) is 0 Å². The van der Waals surface area contributed by atoms with Crippen molar-refractivity contribution >= 4 is 35.8 Å². The summed E-state index contributed by atoms with van der Waals surface area (Å²) >= 11 is 6.11. The number of hydrogen-bond donors (Lipinski definition) is 3. The molecule has 152 valence electrons. The van der Waals surface area contributed by atoms with E-state index >= 15 is 0 Å². The molecule has 8 nitrogen and oxygen atoms in total. The third kappa shape index (κ3) is 5.71. The number of fused-ring (bicyclic) bond motifs is 1. The van der Waals surface area contributed by atoms with Gasteiger partial charge in [0, 0.05) is 23.1 Å². The standard InChI is InChI=1S/C19H20BClN2O6/c1-2-27-14-7-6-13(22-10-14)9-17(24)23-18(29-20(25)26)8-12-11-28-19-15(12)4-3-5-16(19)21/h3-7,10-11,18,25-26H,2,8-9H2,1H3,(H,23,24)/t18-/m1/s1. The van der Waals surface area contributed by atoms with Crippen LogP contribution in [-0.2, 0) is 22.3 Å². The number of carbonyl (C=O) groups excluding carboxylic acids is 1. The number of furan rings is 1. The maximum atomic E-state index is 12.4. The number of amides is 1. The number of aromatic nitrogens is 1. The predicted molar refractivity (Wildman–Crippen MR) is 107 cm³/mol. The quantitative estimate of drug-likeness (QED) is 0.360. The van der Waals surface area contributed by atoms with Gasteiger partial charge in [-0.05, 0) is 25.1 Å². The molecule has 0 aliphatic carbocycles. The highest BCUT2D eigenvalue weighted by Crippen LogP contribution is 2.28. The molecule has 0 aliphatic heterocycles.